The first-order chi connectivity index (χ1) is 12.8. The highest BCUT2D eigenvalue weighted by Gasteiger charge is 2.27. The smallest absolute Gasteiger partial charge is 0.332 e. The maximum absolute atomic E-state index is 12.8. The molecule has 0 spiro atoms. The van der Waals surface area contributed by atoms with Crippen molar-refractivity contribution in [1.29, 1.82) is 0 Å². The molecule has 0 bridgehead atoms. The molecule has 2 N–H and O–H groups in total. The molecule has 0 saturated heterocycles. The maximum atomic E-state index is 12.8. The zero-order valence-corrected chi connectivity index (χ0v) is 15.6. The Morgan fingerprint density at radius 2 is 2.07 bits per heavy atom. The number of furan rings is 1. The van der Waals surface area contributed by atoms with E-state index >= 15 is 0 Å². The number of carbonyl (C=O) groups excluding carboxylic acids is 1. The van der Waals surface area contributed by atoms with E-state index in [1.807, 2.05) is 0 Å². The molecule has 3 rings (SSSR count). The molecule has 0 aliphatic carbocycles. The number of nitrogen functional groups attached to an aromatic ring is 1. The molecule has 3 heterocycles. The second-order valence-corrected chi connectivity index (χ2v) is 7.10. The lowest BCUT2D eigenvalue weighted by atomic mass is 10.1. The lowest BCUT2D eigenvalue weighted by Gasteiger charge is -2.14. The topological polar surface area (TPSA) is 144 Å². The zero-order valence-electron chi connectivity index (χ0n) is 14.8. The van der Waals surface area contributed by atoms with Crippen molar-refractivity contribution in [3.8, 4) is 0 Å². The fourth-order valence-corrected chi connectivity index (χ4v) is 3.28. The Morgan fingerprint density at radius 3 is 2.74 bits per heavy atom. The van der Waals surface area contributed by atoms with Gasteiger partial charge in [-0.25, -0.2) is 9.48 Å². The lowest BCUT2D eigenvalue weighted by molar-refractivity contribution is 0.0992. The van der Waals surface area contributed by atoms with Crippen LogP contribution >= 0.6 is 11.8 Å². The summed E-state index contributed by atoms with van der Waals surface area (Å²) in [6.45, 7) is 1.91. The fourth-order valence-electron chi connectivity index (χ4n) is 2.44. The number of hydrogen-bond acceptors (Lipinski definition) is 9. The number of thioether (sulfide) groups is 1. The molecule has 1 atom stereocenters. The van der Waals surface area contributed by atoms with Gasteiger partial charge in [0.1, 0.15) is 23.7 Å². The van der Waals surface area contributed by atoms with Crippen LogP contribution in [0.15, 0.2) is 37.6 Å². The minimum absolute atomic E-state index is 0.171. The number of aromatic nitrogens is 6. The maximum Gasteiger partial charge on any atom is 0.332 e. The highest BCUT2D eigenvalue weighted by atomic mass is 32.2. The van der Waals surface area contributed by atoms with Gasteiger partial charge in [-0.15, -0.1) is 5.10 Å². The Labute approximate surface area is 156 Å². The van der Waals surface area contributed by atoms with Gasteiger partial charge in [0.2, 0.25) is 5.16 Å². The molecular formula is C15H17N7O4S. The zero-order chi connectivity index (χ0) is 19.7. The molecule has 3 aromatic heterocycles. The van der Waals surface area contributed by atoms with Crippen LogP contribution in [0.25, 0.3) is 0 Å². The second-order valence-electron chi connectivity index (χ2n) is 5.79. The number of tetrazole rings is 1. The summed E-state index contributed by atoms with van der Waals surface area (Å²) in [4.78, 5) is 37.1. The van der Waals surface area contributed by atoms with E-state index in [0.29, 0.717) is 17.5 Å². The van der Waals surface area contributed by atoms with Crippen LogP contribution in [-0.2, 0) is 20.6 Å². The van der Waals surface area contributed by atoms with Gasteiger partial charge < -0.3 is 10.2 Å². The van der Waals surface area contributed by atoms with Gasteiger partial charge in [0.25, 0.3) is 5.56 Å². The first kappa shape index (κ1) is 18.6. The van der Waals surface area contributed by atoms with E-state index < -0.39 is 22.3 Å². The van der Waals surface area contributed by atoms with Crippen molar-refractivity contribution in [3.05, 3.63) is 50.6 Å². The first-order valence-electron chi connectivity index (χ1n) is 7.86. The molecule has 27 heavy (non-hydrogen) atoms. The molecule has 0 saturated carbocycles. The summed E-state index contributed by atoms with van der Waals surface area (Å²) >= 11 is 1.08. The van der Waals surface area contributed by atoms with Crippen LogP contribution < -0.4 is 17.0 Å². The first-order valence-corrected chi connectivity index (χ1v) is 8.74. The predicted molar refractivity (Wildman–Crippen MR) is 96.6 cm³/mol. The van der Waals surface area contributed by atoms with Crippen LogP contribution in [0, 0.1) is 0 Å². The Hall–Kier alpha value is -3.15. The number of Topliss-reactive ketones (excluding diaryl/α,β-unsaturated/α-hetero) is 1. The summed E-state index contributed by atoms with van der Waals surface area (Å²) in [6.07, 6.45) is 1.54. The van der Waals surface area contributed by atoms with E-state index in [2.05, 4.69) is 15.5 Å². The van der Waals surface area contributed by atoms with Gasteiger partial charge in [0, 0.05) is 14.1 Å². The molecule has 3 aromatic rings. The number of nitrogens with zero attached hydrogens (tertiary/aromatic N) is 6. The Kier molecular flexibility index (Phi) is 4.99. The summed E-state index contributed by atoms with van der Waals surface area (Å²) in [5.41, 5.74) is 4.28. The van der Waals surface area contributed by atoms with Crippen LogP contribution in [0.5, 0.6) is 0 Å². The highest BCUT2D eigenvalue weighted by molar-refractivity contribution is 8.00. The molecule has 0 fully saturated rings. The SMILES string of the molecule is CC(Sc1nnnn1Cc1ccco1)C(=O)c1c(N)n(C)c(=O)n(C)c1=O. The van der Waals surface area contributed by atoms with Crippen LogP contribution in [0.4, 0.5) is 5.82 Å². The van der Waals surface area contributed by atoms with Crippen molar-refractivity contribution >= 4 is 23.4 Å². The van der Waals surface area contributed by atoms with Crippen molar-refractivity contribution in [2.75, 3.05) is 5.73 Å². The summed E-state index contributed by atoms with van der Waals surface area (Å²) < 4.78 is 8.66. The average Bonchev–Trinajstić information content (AvgIpc) is 3.31. The minimum atomic E-state index is -0.733. The van der Waals surface area contributed by atoms with Crippen molar-refractivity contribution in [2.24, 2.45) is 14.1 Å². The number of nitrogens with two attached hydrogens (primary N) is 1. The number of anilines is 1. The third kappa shape index (κ3) is 3.43. The van der Waals surface area contributed by atoms with Gasteiger partial charge in [-0.2, -0.15) is 0 Å². The Morgan fingerprint density at radius 1 is 1.33 bits per heavy atom. The standard InChI is InChI=1S/C15H17N7O4S/c1-8(11(23)10-12(16)20(2)15(25)21(3)13(10)24)27-14-17-18-19-22(14)7-9-5-4-6-26-9/h4-6,8H,7,16H2,1-3H3. The van der Waals surface area contributed by atoms with Gasteiger partial charge >= 0.3 is 5.69 Å². The highest BCUT2D eigenvalue weighted by Crippen LogP contribution is 2.24. The van der Waals surface area contributed by atoms with Crippen molar-refractivity contribution < 1.29 is 9.21 Å². The summed E-state index contributed by atoms with van der Waals surface area (Å²) in [7, 11) is 2.69. The lowest BCUT2D eigenvalue weighted by Crippen LogP contribution is -2.42. The molecule has 142 valence electrons. The third-order valence-electron chi connectivity index (χ3n) is 3.99. The van der Waals surface area contributed by atoms with E-state index in [-0.39, 0.29) is 11.4 Å². The molecule has 0 aromatic carbocycles. The molecule has 1 unspecified atom stereocenters. The van der Waals surface area contributed by atoms with Crippen molar-refractivity contribution in [2.45, 2.75) is 23.9 Å². The largest absolute Gasteiger partial charge is 0.467 e. The molecule has 0 aliphatic heterocycles. The number of rotatable bonds is 6. The molecule has 11 nitrogen and oxygen atoms in total. The van der Waals surface area contributed by atoms with E-state index in [0.717, 1.165) is 20.9 Å². The monoisotopic (exact) mass is 391 g/mol. The normalized spacial score (nSPS) is 12.3. The van der Waals surface area contributed by atoms with Gasteiger partial charge in [0.15, 0.2) is 5.78 Å². The van der Waals surface area contributed by atoms with Crippen LogP contribution in [0.3, 0.4) is 0 Å². The van der Waals surface area contributed by atoms with Crippen molar-refractivity contribution in [3.63, 3.8) is 0 Å². The van der Waals surface area contributed by atoms with Crippen molar-refractivity contribution in [1.82, 2.24) is 29.3 Å². The molecular weight excluding hydrogens is 374 g/mol. The van der Waals surface area contributed by atoms with E-state index in [9.17, 15) is 14.4 Å². The van der Waals surface area contributed by atoms with Crippen LogP contribution in [0.1, 0.15) is 23.0 Å². The minimum Gasteiger partial charge on any atom is -0.467 e. The van der Waals surface area contributed by atoms with Crippen LogP contribution in [0.2, 0.25) is 0 Å². The quantitative estimate of drug-likeness (QED) is 0.440. The summed E-state index contributed by atoms with van der Waals surface area (Å²) in [6, 6.07) is 3.52. The molecule has 12 heteroatoms. The fraction of sp³-hybridized carbons (Fsp3) is 0.333. The second kappa shape index (κ2) is 7.23. The third-order valence-corrected chi connectivity index (χ3v) is 5.06. The number of hydrogen-bond donors (Lipinski definition) is 1. The Bertz CT molecular complexity index is 1100. The average molecular weight is 391 g/mol. The van der Waals surface area contributed by atoms with Gasteiger partial charge in [-0.05, 0) is 29.5 Å². The summed E-state index contributed by atoms with van der Waals surface area (Å²) in [5, 5.41) is 11.1. The van der Waals surface area contributed by atoms with Gasteiger partial charge in [-0.1, -0.05) is 11.8 Å². The van der Waals surface area contributed by atoms with E-state index in [1.54, 1.807) is 19.1 Å². The summed E-state index contributed by atoms with van der Waals surface area (Å²) in [5.74, 6) is -0.0312. The molecule has 0 aliphatic rings. The molecule has 0 radical (unpaired) electrons. The number of carbonyl (C=O) groups is 1. The Balaban J connectivity index is 1.87. The van der Waals surface area contributed by atoms with Gasteiger partial charge in [0.05, 0.1) is 11.5 Å². The van der Waals surface area contributed by atoms with Crippen LogP contribution in [-0.4, -0.2) is 40.4 Å². The number of ketones is 1. The van der Waals surface area contributed by atoms with E-state index in [4.69, 9.17) is 10.2 Å². The van der Waals surface area contributed by atoms with E-state index in [1.165, 1.54) is 25.0 Å². The molecule has 0 amide bonds. The predicted octanol–water partition coefficient (Wildman–Crippen LogP) is -0.342. The van der Waals surface area contributed by atoms with Gasteiger partial charge in [-0.3, -0.25) is 18.7 Å².